The zero-order valence-electron chi connectivity index (χ0n) is 46.8. The summed E-state index contributed by atoms with van der Waals surface area (Å²) in [5, 5.41) is 110. The van der Waals surface area contributed by atoms with E-state index < -0.39 is 159 Å². The number of H-pyrrole nitrogens is 1. The van der Waals surface area contributed by atoms with E-state index in [0.717, 1.165) is 17.2 Å². The fourth-order valence-electron chi connectivity index (χ4n) is 7.40. The van der Waals surface area contributed by atoms with Gasteiger partial charge < -0.3 is 104 Å². The van der Waals surface area contributed by atoms with Crippen LogP contribution < -0.4 is 54.2 Å². The fourth-order valence-corrected chi connectivity index (χ4v) is 7.40. The maximum atomic E-state index is 14.1. The molecule has 1 fully saturated rings. The quantitative estimate of drug-likeness (QED) is 0.0146. The van der Waals surface area contributed by atoms with E-state index in [1.807, 2.05) is 0 Å². The first-order chi connectivity index (χ1) is 40.8. The summed E-state index contributed by atoms with van der Waals surface area (Å²) in [6.07, 6.45) is -1.26. The van der Waals surface area contributed by atoms with Crippen LogP contribution >= 0.6 is 0 Å². The monoisotopic (exact) mass is 1320 g/mol. The second kappa shape index (κ2) is 40.1. The summed E-state index contributed by atoms with van der Waals surface area (Å²) in [6.45, 7) is -3.48. The third-order valence-electron chi connectivity index (χ3n) is 12.4. The number of hydrogen-bond donors (Lipinski definition) is 21. The second-order valence-electron chi connectivity index (χ2n) is 18.9. The van der Waals surface area contributed by atoms with E-state index in [1.165, 1.54) is 56.0 Å². The Morgan fingerprint density at radius 2 is 1.41 bits per heavy atom. The number of amides is 7. The summed E-state index contributed by atoms with van der Waals surface area (Å²) in [5.41, 5.74) is 16.6. The maximum Gasteiger partial charge on any atom is 0.317 e. The number of likely N-dealkylation sites (N-methyl/N-ethyl adjacent to an activating group) is 1. The number of nitrogens with two attached hydrogens (primary N) is 2. The summed E-state index contributed by atoms with van der Waals surface area (Å²) in [6, 6.07) is 2.35. The van der Waals surface area contributed by atoms with Gasteiger partial charge in [0.15, 0.2) is 11.8 Å². The number of aliphatic carboxylic acids is 2. The molecule has 23 N–H and O–H groups in total. The Bertz CT molecular complexity index is 2770. The molecule has 1 saturated heterocycles. The molecule has 0 aromatic carbocycles. The Labute approximate surface area is 508 Å². The Hall–Kier alpha value is -8.36. The molecule has 4 heterocycles. The molecule has 0 spiro atoms. The van der Waals surface area contributed by atoms with E-state index in [9.17, 15) is 68.4 Å². The Kier molecular flexibility index (Phi) is 35.3. The number of rotatable bonds is 27. The smallest absolute Gasteiger partial charge is 0.317 e. The van der Waals surface area contributed by atoms with E-state index in [1.54, 1.807) is 0 Å². The van der Waals surface area contributed by atoms with Crippen molar-refractivity contribution in [2.24, 2.45) is 21.6 Å². The van der Waals surface area contributed by atoms with E-state index in [0.29, 0.717) is 12.0 Å². The number of aliphatic hydroxyl groups excluding tert-OH is 8. The first-order valence-corrected chi connectivity index (χ1v) is 26.1. The van der Waals surface area contributed by atoms with E-state index >= 15 is 0 Å². The predicted molar refractivity (Wildman–Crippen MR) is 296 cm³/mol. The molecule has 87 heavy (non-hydrogen) atoms. The average Bonchev–Trinajstić information content (AvgIpc) is 3.56. The molecule has 1 unspecified atom stereocenters. The number of aliphatic hydroxyl groups is 8. The Balaban J connectivity index is 0.000000932. The van der Waals surface area contributed by atoms with Gasteiger partial charge in [0.2, 0.25) is 35.1 Å². The third kappa shape index (κ3) is 27.3. The fraction of sp³-hybridized carbons (Fsp3) is 0.500. The van der Waals surface area contributed by atoms with Crippen LogP contribution in [0.4, 0.5) is 5.82 Å². The van der Waals surface area contributed by atoms with Gasteiger partial charge in [0, 0.05) is 88.8 Å². The molecule has 3 aromatic heterocycles. The van der Waals surface area contributed by atoms with Crippen LogP contribution in [0.1, 0.15) is 70.8 Å². The van der Waals surface area contributed by atoms with Crippen LogP contribution in [0.5, 0.6) is 0 Å². The van der Waals surface area contributed by atoms with Crippen LogP contribution in [0, 0.1) is 5.53 Å². The van der Waals surface area contributed by atoms with Crippen molar-refractivity contribution < 1.29 is 114 Å². The number of aliphatic imine (C=N–C) groups is 1. The molecule has 481 valence electrons. The minimum Gasteiger partial charge on any atom is -0.481 e. The number of guanidine groups is 1. The molecule has 1 aliphatic heterocycles. The molecular formula is C50H74N16O20Tc. The van der Waals surface area contributed by atoms with Crippen molar-refractivity contribution in [2.45, 2.75) is 92.6 Å². The summed E-state index contributed by atoms with van der Waals surface area (Å²) in [5.74, 6) is -7.98. The van der Waals surface area contributed by atoms with Crippen LogP contribution in [0.15, 0.2) is 76.1 Å². The van der Waals surface area contributed by atoms with Crippen LogP contribution in [-0.4, -0.2) is 244 Å². The van der Waals surface area contributed by atoms with Gasteiger partial charge in [-0.25, -0.2) is 10.5 Å². The molecule has 36 nitrogen and oxygen atoms in total. The maximum absolute atomic E-state index is 14.1. The van der Waals surface area contributed by atoms with Crippen molar-refractivity contribution in [3.63, 3.8) is 0 Å². The average molecular weight is 1320 g/mol. The number of carboxylic acids is 2. The number of carbonyl (C=O) groups excluding carboxylic acids is 7. The molecule has 1 radical (unpaired) electrons. The largest absolute Gasteiger partial charge is 0.481 e. The van der Waals surface area contributed by atoms with E-state index in [4.69, 9.17) is 47.6 Å². The first-order valence-electron chi connectivity index (χ1n) is 26.1. The summed E-state index contributed by atoms with van der Waals surface area (Å²) < 4.78 is 0. The summed E-state index contributed by atoms with van der Waals surface area (Å²) in [7, 11) is 1.34. The van der Waals surface area contributed by atoms with Crippen molar-refractivity contribution >= 4 is 65.1 Å². The molecule has 3 aromatic rings. The van der Waals surface area contributed by atoms with Crippen molar-refractivity contribution in [3.8, 4) is 0 Å². The second-order valence-corrected chi connectivity index (χ2v) is 18.9. The topological polar surface area (TPSA) is 603 Å². The van der Waals surface area contributed by atoms with Gasteiger partial charge in [-0.05, 0) is 62.4 Å². The van der Waals surface area contributed by atoms with Gasteiger partial charge in [-0.15, -0.1) is 5.11 Å². The number of unbranched alkanes of at least 4 members (excludes halogenated alkanes) is 1. The molecule has 8 atom stereocenters. The van der Waals surface area contributed by atoms with Gasteiger partial charge in [-0.1, -0.05) is 0 Å². The van der Waals surface area contributed by atoms with Crippen LogP contribution in [0.2, 0.25) is 0 Å². The third-order valence-corrected chi connectivity index (χ3v) is 12.4. The zero-order valence-corrected chi connectivity index (χ0v) is 48.7. The standard InChI is InChI=1S/C32H43N13O9.C12H18N2O6.C6H13NO5.Tc/c1-45-21(6-4-12-37-32(33)34)29(52)40-16-24(47)41-20(13-25(48)49)28(51)43-26(17-8-10-23(46)39-14-17)30(53)42-19(31(45)54)5-2-3-11-36-27(50)18-7-9-22(44-35)38-15-18;15-6-9(17)11(19)10(18)8(16)5-14-12(20)7-1-3-13-4-2-7;8-2-6(3-9,4-10)7-1-5(11)12;/h7-10,14-15,19-21,26,35H,2-6,11-13,16H2,1H3,(H,36,50)(H,39,46)(H,40,52)(H,41,47)(H,42,53)(H,43,51)(H,48,49)(H4,33,34,37);1-4,8-11,15-19H,5-6H2,(H,14,20);7-10H,1-4H2,(H,11,12);/t19-,20-,21-,26?;8-,9-,10-,11+;;/m01../s1. The molecule has 4 rings (SSSR count). The molecular weight excluding hydrogens is 1240 g/mol. The molecule has 0 bridgehead atoms. The van der Waals surface area contributed by atoms with Gasteiger partial charge in [0.1, 0.15) is 42.5 Å². The van der Waals surface area contributed by atoms with Crippen molar-refractivity contribution in [2.75, 3.05) is 66.2 Å². The number of nitrogens with one attached hydrogen (secondary N) is 9. The van der Waals surface area contributed by atoms with Gasteiger partial charge in [0.25, 0.3) is 11.8 Å². The summed E-state index contributed by atoms with van der Waals surface area (Å²) in [4.78, 5) is 140. The minimum atomic E-state index is -1.71. The van der Waals surface area contributed by atoms with Crippen molar-refractivity contribution in [3.05, 3.63) is 88.2 Å². The molecule has 37 heteroatoms. The predicted octanol–water partition coefficient (Wildman–Crippen LogP) is -7.73. The number of aromatic nitrogens is 3. The Morgan fingerprint density at radius 1 is 0.770 bits per heavy atom. The number of carbonyl (C=O) groups is 9. The van der Waals surface area contributed by atoms with Gasteiger partial charge in [-0.3, -0.25) is 63.2 Å². The van der Waals surface area contributed by atoms with E-state index in [-0.39, 0.29) is 88.3 Å². The van der Waals surface area contributed by atoms with Crippen LogP contribution in [0.3, 0.4) is 0 Å². The molecule has 0 aliphatic carbocycles. The minimum absolute atomic E-state index is 0. The number of pyridine rings is 3. The van der Waals surface area contributed by atoms with Crippen molar-refractivity contribution in [1.82, 2.24) is 57.1 Å². The van der Waals surface area contributed by atoms with Gasteiger partial charge >= 0.3 is 11.9 Å². The number of aromatic amines is 1. The number of hydrogen-bond acceptors (Lipinski definition) is 24. The normalized spacial score (nSPS) is 17.9. The summed E-state index contributed by atoms with van der Waals surface area (Å²) >= 11 is 0. The SMILES string of the molecule is CN1C(=O)[C@H](CCCCNC(=O)c2ccc(N=N)nc2)NC(=O)C(c2ccc(=O)[nH]c2)NC(=O)[C@H](CC(=O)O)NC(=O)CNC(=O)[C@@H]1CCCN=C(N)N.O=C(NC[C@@H](O)[C@@H](O)[C@@H](O)[C@H](O)CO)c1ccncc1.O=C(O)CNC(CO)(CO)CO.[Tc]. The van der Waals surface area contributed by atoms with Crippen molar-refractivity contribution in [1.29, 1.82) is 5.53 Å². The van der Waals surface area contributed by atoms with E-state index in [2.05, 4.69) is 62.3 Å². The molecule has 0 saturated carbocycles. The number of carboxylic acid groups (broad SMARTS) is 2. The van der Waals surface area contributed by atoms with Crippen LogP contribution in [-0.2, 0) is 53.7 Å². The molecule has 1 aliphatic rings. The van der Waals surface area contributed by atoms with Gasteiger partial charge in [0.05, 0.1) is 63.1 Å². The Morgan fingerprint density at radius 3 is 1.97 bits per heavy atom. The zero-order chi connectivity index (χ0) is 64.5. The van der Waals surface area contributed by atoms with Gasteiger partial charge in [-0.2, -0.15) is 0 Å². The first kappa shape index (κ1) is 76.7. The molecule has 7 amide bonds. The number of nitrogens with zero attached hydrogens (tertiary/aromatic N) is 5. The van der Waals surface area contributed by atoms with Crippen LogP contribution in [0.25, 0.3) is 0 Å².